The van der Waals surface area contributed by atoms with Crippen LogP contribution in [-0.2, 0) is 4.79 Å². The first-order chi connectivity index (χ1) is 7.11. The van der Waals surface area contributed by atoms with Gasteiger partial charge in [0, 0.05) is 0 Å². The molecule has 1 aromatic rings. The van der Waals surface area contributed by atoms with Crippen LogP contribution in [0.1, 0.15) is 25.6 Å². The number of aliphatic carboxylic acids is 1. The lowest BCUT2D eigenvalue weighted by atomic mass is 10.2. The monoisotopic (exact) mass is 275 g/mol. The van der Waals surface area contributed by atoms with Gasteiger partial charge in [0.1, 0.15) is 4.60 Å². The molecule has 0 aliphatic heterocycles. The molecule has 5 nitrogen and oxygen atoms in total. The number of imidazole rings is 1. The van der Waals surface area contributed by atoms with E-state index in [0.29, 0.717) is 23.4 Å². The Morgan fingerprint density at radius 1 is 1.67 bits per heavy atom. The molecule has 0 amide bonds. The molecule has 0 aliphatic carbocycles. The van der Waals surface area contributed by atoms with Gasteiger partial charge in [-0.2, -0.15) is 0 Å². The molecule has 0 bridgehead atoms. The van der Waals surface area contributed by atoms with E-state index >= 15 is 0 Å². The molecule has 2 N–H and O–H groups in total. The number of aromatic nitrogens is 2. The van der Waals surface area contributed by atoms with Crippen molar-refractivity contribution in [2.45, 2.75) is 19.9 Å². The van der Waals surface area contributed by atoms with E-state index in [1.54, 1.807) is 0 Å². The van der Waals surface area contributed by atoms with Crippen LogP contribution in [0.2, 0.25) is 0 Å². The lowest BCUT2D eigenvalue weighted by Gasteiger charge is -2.25. The van der Waals surface area contributed by atoms with Crippen molar-refractivity contribution in [1.29, 1.82) is 0 Å². The summed E-state index contributed by atoms with van der Waals surface area (Å²) in [4.78, 5) is 19.8. The molecule has 1 heterocycles. The number of aromatic amines is 1. The quantitative estimate of drug-likeness (QED) is 0.857. The van der Waals surface area contributed by atoms with Gasteiger partial charge in [0.2, 0.25) is 0 Å². The van der Waals surface area contributed by atoms with Crippen molar-refractivity contribution in [1.82, 2.24) is 14.9 Å². The summed E-state index contributed by atoms with van der Waals surface area (Å²) in [5, 5.41) is 9.19. The van der Waals surface area contributed by atoms with Crippen LogP contribution in [0.15, 0.2) is 10.9 Å². The van der Waals surface area contributed by atoms with Crippen molar-refractivity contribution < 1.29 is 9.90 Å². The summed E-state index contributed by atoms with van der Waals surface area (Å²) in [6.45, 7) is 5.23. The third-order valence-electron chi connectivity index (χ3n) is 2.31. The topological polar surface area (TPSA) is 69.2 Å². The van der Waals surface area contributed by atoms with Crippen molar-refractivity contribution in [3.05, 3.63) is 16.6 Å². The summed E-state index contributed by atoms with van der Waals surface area (Å²) in [5.74, 6) is -0.872. The lowest BCUT2D eigenvalue weighted by molar-refractivity contribution is -0.143. The molecule has 0 fully saturated rings. The second-order valence-electron chi connectivity index (χ2n) is 3.07. The third-order valence-corrected chi connectivity index (χ3v) is 2.94. The predicted octanol–water partition coefficient (Wildman–Crippen LogP) is 1.64. The number of likely N-dealkylation sites (N-methyl/N-ethyl adjacent to an activating group) is 1. The Morgan fingerprint density at radius 3 is 2.60 bits per heavy atom. The maximum atomic E-state index is 11.2. The van der Waals surface area contributed by atoms with E-state index in [2.05, 4.69) is 25.9 Å². The van der Waals surface area contributed by atoms with Crippen molar-refractivity contribution in [3.8, 4) is 0 Å². The Balaban J connectivity index is 3.03. The van der Waals surface area contributed by atoms with Crippen LogP contribution in [0.4, 0.5) is 0 Å². The van der Waals surface area contributed by atoms with Crippen LogP contribution < -0.4 is 0 Å². The Kier molecular flexibility index (Phi) is 4.28. The Morgan fingerprint density at radius 2 is 2.27 bits per heavy atom. The highest BCUT2D eigenvalue weighted by atomic mass is 79.9. The van der Waals surface area contributed by atoms with Gasteiger partial charge in [0.05, 0.1) is 12.0 Å². The van der Waals surface area contributed by atoms with Crippen LogP contribution in [0, 0.1) is 0 Å². The number of halogens is 1. The number of carboxylic acids is 1. The first-order valence-corrected chi connectivity index (χ1v) is 5.56. The number of rotatable bonds is 5. The minimum Gasteiger partial charge on any atom is -0.480 e. The standard InChI is InChI=1S/C9H14BrN3O2/c1-3-13(4-2)7(9(14)15)6-8(10)12-5-11-6/h5,7H,3-4H2,1-2H3,(H,11,12)(H,14,15). The number of carboxylic acid groups (broad SMARTS) is 1. The van der Waals surface area contributed by atoms with Gasteiger partial charge in [-0.05, 0) is 29.0 Å². The molecule has 1 atom stereocenters. The number of H-pyrrole nitrogens is 1. The average Bonchev–Trinajstić information content (AvgIpc) is 2.60. The second-order valence-corrected chi connectivity index (χ2v) is 3.82. The fraction of sp³-hybridized carbons (Fsp3) is 0.556. The fourth-order valence-corrected chi connectivity index (χ4v) is 1.96. The molecule has 0 spiro atoms. The molecule has 84 valence electrons. The zero-order valence-corrected chi connectivity index (χ0v) is 10.3. The summed E-state index contributed by atoms with van der Waals surface area (Å²) in [7, 11) is 0. The number of nitrogens with one attached hydrogen (secondary N) is 1. The first-order valence-electron chi connectivity index (χ1n) is 4.77. The second kappa shape index (κ2) is 5.27. The highest BCUT2D eigenvalue weighted by molar-refractivity contribution is 9.10. The summed E-state index contributed by atoms with van der Waals surface area (Å²) in [6, 6.07) is -0.670. The molecule has 0 saturated carbocycles. The van der Waals surface area contributed by atoms with Gasteiger partial charge >= 0.3 is 5.97 Å². The zero-order chi connectivity index (χ0) is 11.4. The summed E-state index contributed by atoms with van der Waals surface area (Å²) in [6.07, 6.45) is 1.48. The molecule has 1 rings (SSSR count). The SMILES string of the molecule is CCN(CC)C(C(=O)O)c1[nH]cnc1Br. The highest BCUT2D eigenvalue weighted by Gasteiger charge is 2.28. The predicted molar refractivity (Wildman–Crippen MR) is 59.6 cm³/mol. The number of hydrogen-bond acceptors (Lipinski definition) is 3. The van der Waals surface area contributed by atoms with E-state index in [1.807, 2.05) is 18.7 Å². The third kappa shape index (κ3) is 2.57. The summed E-state index contributed by atoms with van der Waals surface area (Å²) >= 11 is 3.23. The van der Waals surface area contributed by atoms with Crippen LogP contribution >= 0.6 is 15.9 Å². The molecule has 15 heavy (non-hydrogen) atoms. The number of hydrogen-bond donors (Lipinski definition) is 2. The number of carbonyl (C=O) groups is 1. The molecular weight excluding hydrogens is 262 g/mol. The van der Waals surface area contributed by atoms with E-state index in [4.69, 9.17) is 0 Å². The molecule has 0 saturated heterocycles. The number of nitrogens with zero attached hydrogens (tertiary/aromatic N) is 2. The first kappa shape index (κ1) is 12.2. The average molecular weight is 276 g/mol. The minimum atomic E-state index is -0.872. The van der Waals surface area contributed by atoms with Gasteiger partial charge in [-0.1, -0.05) is 13.8 Å². The molecule has 0 radical (unpaired) electrons. The van der Waals surface area contributed by atoms with E-state index in [1.165, 1.54) is 6.33 Å². The van der Waals surface area contributed by atoms with E-state index in [0.717, 1.165) is 0 Å². The van der Waals surface area contributed by atoms with Gasteiger partial charge in [0.25, 0.3) is 0 Å². The van der Waals surface area contributed by atoms with Crippen LogP contribution in [0.5, 0.6) is 0 Å². The molecular formula is C9H14BrN3O2. The maximum absolute atomic E-state index is 11.2. The maximum Gasteiger partial charge on any atom is 0.327 e. The van der Waals surface area contributed by atoms with Gasteiger partial charge in [-0.15, -0.1) is 0 Å². The molecule has 0 aromatic carbocycles. The van der Waals surface area contributed by atoms with Gasteiger partial charge < -0.3 is 10.1 Å². The van der Waals surface area contributed by atoms with E-state index < -0.39 is 12.0 Å². The van der Waals surface area contributed by atoms with Crippen molar-refractivity contribution in [2.75, 3.05) is 13.1 Å². The summed E-state index contributed by atoms with van der Waals surface area (Å²) < 4.78 is 0.557. The lowest BCUT2D eigenvalue weighted by Crippen LogP contribution is -2.34. The largest absolute Gasteiger partial charge is 0.480 e. The van der Waals surface area contributed by atoms with Crippen LogP contribution in [-0.4, -0.2) is 39.0 Å². The van der Waals surface area contributed by atoms with E-state index in [-0.39, 0.29) is 0 Å². The molecule has 1 aromatic heterocycles. The van der Waals surface area contributed by atoms with Gasteiger partial charge in [-0.25, -0.2) is 4.98 Å². The van der Waals surface area contributed by atoms with Crippen molar-refractivity contribution in [3.63, 3.8) is 0 Å². The minimum absolute atomic E-state index is 0.557. The van der Waals surface area contributed by atoms with Crippen LogP contribution in [0.3, 0.4) is 0 Å². The molecule has 6 heteroatoms. The Bertz CT molecular complexity index is 336. The molecule has 0 aliphatic rings. The Hall–Kier alpha value is -0.880. The summed E-state index contributed by atoms with van der Waals surface area (Å²) in [5.41, 5.74) is 0.589. The zero-order valence-electron chi connectivity index (χ0n) is 8.70. The van der Waals surface area contributed by atoms with Crippen LogP contribution in [0.25, 0.3) is 0 Å². The Labute approximate surface area is 96.6 Å². The van der Waals surface area contributed by atoms with Gasteiger partial charge in [0.15, 0.2) is 6.04 Å². The fourth-order valence-electron chi connectivity index (χ4n) is 1.53. The normalized spacial score (nSPS) is 13.1. The smallest absolute Gasteiger partial charge is 0.327 e. The van der Waals surface area contributed by atoms with Crippen molar-refractivity contribution in [2.24, 2.45) is 0 Å². The highest BCUT2D eigenvalue weighted by Crippen LogP contribution is 2.24. The van der Waals surface area contributed by atoms with Crippen molar-refractivity contribution >= 4 is 21.9 Å². The van der Waals surface area contributed by atoms with Gasteiger partial charge in [-0.3, -0.25) is 9.69 Å². The molecule has 1 unspecified atom stereocenters. The van der Waals surface area contributed by atoms with E-state index in [9.17, 15) is 9.90 Å².